The average Bonchev–Trinajstić information content (AvgIpc) is 3.19. The first-order chi connectivity index (χ1) is 26.7. The number of hydrogen-bond donors (Lipinski definition) is 1. The van der Waals surface area contributed by atoms with Crippen molar-refractivity contribution < 1.29 is 53.2 Å². The smallest absolute Gasteiger partial charge is 0.870 e. The van der Waals surface area contributed by atoms with Crippen LogP contribution in [0.2, 0.25) is 0 Å². The number of hydrogen-bond acceptors (Lipinski definition) is 6. The van der Waals surface area contributed by atoms with Crippen molar-refractivity contribution in [2.75, 3.05) is 20.3 Å². The van der Waals surface area contributed by atoms with Gasteiger partial charge >= 0.3 is 30.8 Å². The molecule has 7 nitrogen and oxygen atoms in total. The number of rotatable bonds is 10. The number of carbonyl (C=O) groups excluding carboxylic acids is 1. The standard InChI is InChI=1S/C25H28O3.C24H26O3.Li.H2O/c1-27-23(26)20-7-9-22(10-8-20)28-17-24-12-18-11-19(13-24)15-25(14-18,16-24)21-5-3-2-4-6-21;25-22(26)19-6-8-21(9-7-19)27-16-23-11-17-10-18(12-23)14-24(13-17,15-23)20-4-2-1-3-5-20;;/h2-10,18-19H,11-17H2,1H3;1-9,17-18H,10-16H2,(H,25,26);;1H2/q;;+1;/p-1. The Balaban J connectivity index is 0.000000168. The van der Waals surface area contributed by atoms with E-state index in [0.717, 1.165) is 48.4 Å². The Labute approximate surface area is 349 Å². The van der Waals surface area contributed by atoms with Crippen molar-refractivity contribution in [1.82, 2.24) is 0 Å². The molecule has 4 aromatic carbocycles. The Kier molecular flexibility index (Phi) is 11.8. The first-order valence-corrected chi connectivity index (χ1v) is 20.5. The van der Waals surface area contributed by atoms with Gasteiger partial charge in [0.05, 0.1) is 31.5 Å². The number of carbonyl (C=O) groups is 2. The largest absolute Gasteiger partial charge is 1.00 e. The van der Waals surface area contributed by atoms with Crippen molar-refractivity contribution in [3.8, 4) is 11.5 Å². The topological polar surface area (TPSA) is 112 Å². The Bertz CT molecular complexity index is 1970. The summed E-state index contributed by atoms with van der Waals surface area (Å²) in [5.74, 6) is 3.75. The molecule has 8 aliphatic rings. The van der Waals surface area contributed by atoms with E-state index in [1.54, 1.807) is 36.4 Å². The van der Waals surface area contributed by atoms with Gasteiger partial charge in [-0.2, -0.15) is 0 Å². The van der Waals surface area contributed by atoms with Crippen molar-refractivity contribution >= 4 is 11.9 Å². The van der Waals surface area contributed by atoms with Gasteiger partial charge in [-0.05, 0) is 171 Å². The zero-order chi connectivity index (χ0) is 37.7. The zero-order valence-electron chi connectivity index (χ0n) is 33.5. The molecular formula is C49H55LiO7. The van der Waals surface area contributed by atoms with Crippen LogP contribution in [-0.2, 0) is 15.6 Å². The number of aromatic carboxylic acids is 1. The van der Waals surface area contributed by atoms with Gasteiger partial charge in [-0.15, -0.1) is 0 Å². The molecular weight excluding hydrogens is 707 g/mol. The minimum atomic E-state index is -0.896. The van der Waals surface area contributed by atoms with Gasteiger partial charge < -0.3 is 24.8 Å². The van der Waals surface area contributed by atoms with Gasteiger partial charge in [0.15, 0.2) is 0 Å². The quantitative estimate of drug-likeness (QED) is 0.131. The molecule has 8 fully saturated rings. The second kappa shape index (κ2) is 16.3. The summed E-state index contributed by atoms with van der Waals surface area (Å²) in [7, 11) is 1.41. The second-order valence-electron chi connectivity index (χ2n) is 18.6. The SMILES string of the molecule is COC(=O)c1ccc(OCC23CC4CC(C2)CC(c2ccccc2)(C4)C3)cc1.O=C(O)c1ccc(OCC23CC4CC(C2)CC(c2ccccc2)(C4)C3)cc1.[Li+].[OH-]. The molecule has 4 unspecified atom stereocenters. The number of ether oxygens (including phenoxy) is 3. The molecule has 0 amide bonds. The molecule has 0 aromatic heterocycles. The van der Waals surface area contributed by atoms with Crippen LogP contribution in [0.4, 0.5) is 0 Å². The molecule has 8 heteroatoms. The number of methoxy groups -OCH3 is 1. The molecule has 294 valence electrons. The molecule has 0 spiro atoms. The van der Waals surface area contributed by atoms with E-state index in [0.29, 0.717) is 27.4 Å². The van der Waals surface area contributed by atoms with Crippen LogP contribution < -0.4 is 28.3 Å². The van der Waals surface area contributed by atoms with E-state index in [1.165, 1.54) is 95.3 Å². The third-order valence-electron chi connectivity index (χ3n) is 14.6. The minimum Gasteiger partial charge on any atom is -0.870 e. The molecule has 8 aliphatic carbocycles. The molecule has 0 radical (unpaired) electrons. The fraction of sp³-hybridized carbons (Fsp3) is 0.469. The number of carboxylic acids is 1. The average molecular weight is 763 g/mol. The Morgan fingerprint density at radius 1 is 0.561 bits per heavy atom. The van der Waals surface area contributed by atoms with Gasteiger partial charge in [-0.25, -0.2) is 9.59 Å². The van der Waals surface area contributed by atoms with Gasteiger partial charge in [0, 0.05) is 10.8 Å². The van der Waals surface area contributed by atoms with Gasteiger partial charge in [0.2, 0.25) is 0 Å². The van der Waals surface area contributed by atoms with Crippen LogP contribution in [0, 0.1) is 34.5 Å². The monoisotopic (exact) mass is 762 g/mol. The van der Waals surface area contributed by atoms with Gasteiger partial charge in [-0.1, -0.05) is 60.7 Å². The van der Waals surface area contributed by atoms with Crippen molar-refractivity contribution in [3.63, 3.8) is 0 Å². The van der Waals surface area contributed by atoms with E-state index in [2.05, 4.69) is 60.7 Å². The Morgan fingerprint density at radius 3 is 1.28 bits per heavy atom. The van der Waals surface area contributed by atoms with E-state index >= 15 is 0 Å². The van der Waals surface area contributed by atoms with Crippen LogP contribution in [-0.4, -0.2) is 42.8 Å². The predicted molar refractivity (Wildman–Crippen MR) is 215 cm³/mol. The number of benzene rings is 4. The summed E-state index contributed by atoms with van der Waals surface area (Å²) >= 11 is 0. The minimum absolute atomic E-state index is 0. The van der Waals surface area contributed by atoms with Crippen LogP contribution in [0.25, 0.3) is 0 Å². The van der Waals surface area contributed by atoms with Crippen LogP contribution in [0.5, 0.6) is 11.5 Å². The Hall–Kier alpha value is -4.02. The summed E-state index contributed by atoms with van der Waals surface area (Å²) in [6, 6.07) is 36.5. The number of carboxylic acid groups (broad SMARTS) is 1. The van der Waals surface area contributed by atoms with E-state index in [1.807, 2.05) is 12.1 Å². The maximum absolute atomic E-state index is 11.6. The molecule has 12 rings (SSSR count). The van der Waals surface area contributed by atoms with Gasteiger partial charge in [0.1, 0.15) is 11.5 Å². The third-order valence-corrected chi connectivity index (χ3v) is 14.6. The zero-order valence-corrected chi connectivity index (χ0v) is 33.5. The fourth-order valence-electron chi connectivity index (χ4n) is 13.5. The molecule has 8 bridgehead atoms. The fourth-order valence-corrected chi connectivity index (χ4v) is 13.5. The third kappa shape index (κ3) is 8.18. The molecule has 4 aromatic rings. The Morgan fingerprint density at radius 2 is 0.930 bits per heavy atom. The first-order valence-electron chi connectivity index (χ1n) is 20.5. The van der Waals surface area contributed by atoms with E-state index < -0.39 is 5.97 Å². The predicted octanol–water partition coefficient (Wildman–Crippen LogP) is 7.52. The first kappa shape index (κ1) is 41.1. The van der Waals surface area contributed by atoms with E-state index in [9.17, 15) is 9.59 Å². The normalized spacial score (nSPS) is 32.2. The molecule has 57 heavy (non-hydrogen) atoms. The summed E-state index contributed by atoms with van der Waals surface area (Å²) in [5, 5.41) is 9.06. The van der Waals surface area contributed by atoms with E-state index in [-0.39, 0.29) is 35.7 Å². The van der Waals surface area contributed by atoms with Crippen LogP contribution in [0.1, 0.15) is 109 Å². The van der Waals surface area contributed by atoms with E-state index in [4.69, 9.17) is 19.3 Å². The molecule has 0 aliphatic heterocycles. The van der Waals surface area contributed by atoms with Gasteiger partial charge in [-0.3, -0.25) is 0 Å². The van der Waals surface area contributed by atoms with Crippen molar-refractivity contribution in [2.24, 2.45) is 34.5 Å². The molecule has 0 saturated heterocycles. The maximum atomic E-state index is 11.6. The van der Waals surface area contributed by atoms with Crippen LogP contribution in [0.15, 0.2) is 109 Å². The molecule has 4 atom stereocenters. The summed E-state index contributed by atoms with van der Waals surface area (Å²) in [6.45, 7) is 1.53. The summed E-state index contributed by atoms with van der Waals surface area (Å²) in [6.07, 6.45) is 15.8. The van der Waals surface area contributed by atoms with Crippen molar-refractivity contribution in [3.05, 3.63) is 131 Å². The summed E-state index contributed by atoms with van der Waals surface area (Å²) in [4.78, 5) is 22.6. The van der Waals surface area contributed by atoms with Gasteiger partial charge in [0.25, 0.3) is 0 Å². The summed E-state index contributed by atoms with van der Waals surface area (Å²) < 4.78 is 17.3. The van der Waals surface area contributed by atoms with Crippen LogP contribution >= 0.6 is 0 Å². The second-order valence-corrected chi connectivity index (χ2v) is 18.6. The molecule has 8 saturated carbocycles. The summed E-state index contributed by atoms with van der Waals surface area (Å²) in [5.41, 5.74) is 5.18. The van der Waals surface area contributed by atoms with Crippen LogP contribution in [0.3, 0.4) is 0 Å². The molecule has 2 N–H and O–H groups in total. The maximum Gasteiger partial charge on any atom is 1.00 e. The molecule has 0 heterocycles. The van der Waals surface area contributed by atoms with Crippen molar-refractivity contribution in [2.45, 2.75) is 87.9 Å². The number of esters is 1. The van der Waals surface area contributed by atoms with Crippen molar-refractivity contribution in [1.29, 1.82) is 0 Å².